The molecule has 1 atom stereocenters. The minimum atomic E-state index is -5.94. The van der Waals surface area contributed by atoms with Crippen molar-refractivity contribution in [3.63, 3.8) is 0 Å². The molecule has 0 aliphatic heterocycles. The summed E-state index contributed by atoms with van der Waals surface area (Å²) in [5, 5.41) is 10.5. The predicted molar refractivity (Wildman–Crippen MR) is 73.4 cm³/mol. The van der Waals surface area contributed by atoms with Gasteiger partial charge >= 0.3 is 12.1 Å². The summed E-state index contributed by atoms with van der Waals surface area (Å²) in [4.78, 5) is 0. The number of benzene rings is 2. The molecule has 124 valence electrons. The zero-order valence-electron chi connectivity index (χ0n) is 11.9. The van der Waals surface area contributed by atoms with Crippen LogP contribution in [0.2, 0.25) is 0 Å². The molecule has 0 radical (unpaired) electrons. The molecule has 0 saturated heterocycles. The summed E-state index contributed by atoms with van der Waals surface area (Å²) in [6, 6.07) is 10.6. The Balaban J connectivity index is 2.75. The first-order valence-corrected chi connectivity index (χ1v) is 6.51. The van der Waals surface area contributed by atoms with Crippen LogP contribution in [0.25, 0.3) is 0 Å². The first-order valence-electron chi connectivity index (χ1n) is 6.51. The van der Waals surface area contributed by atoms with E-state index in [9.17, 15) is 27.1 Å². The number of aliphatic hydroxyl groups is 1. The molecule has 1 unspecified atom stereocenters. The van der Waals surface area contributed by atoms with E-state index in [2.05, 4.69) is 0 Å². The Labute approximate surface area is 129 Å². The zero-order valence-corrected chi connectivity index (χ0v) is 11.9. The normalized spacial score (nSPS) is 15.1. The molecule has 0 bridgehead atoms. The number of methoxy groups -OCH3 is 1. The smallest absolute Gasteiger partial charge is 0.457 e. The highest BCUT2D eigenvalue weighted by molar-refractivity contribution is 5.42. The van der Waals surface area contributed by atoms with Crippen molar-refractivity contribution in [1.29, 1.82) is 0 Å². The maximum Gasteiger partial charge on any atom is 0.457 e. The van der Waals surface area contributed by atoms with E-state index in [1.807, 2.05) is 0 Å². The van der Waals surface area contributed by atoms with Crippen LogP contribution in [0, 0.1) is 0 Å². The molecule has 0 fully saturated rings. The molecule has 2 aromatic carbocycles. The van der Waals surface area contributed by atoms with Crippen LogP contribution in [0.1, 0.15) is 11.1 Å². The van der Waals surface area contributed by atoms with Crippen LogP contribution in [0.5, 0.6) is 5.75 Å². The standard InChI is InChI=1S/C16H13F5O2/c1-23-13-9-5-8-12(10-13)14(22,11-6-3-2-4-7-11)15(17,18)16(19,20)21/h2-10,22H,1H3. The molecule has 0 heterocycles. The van der Waals surface area contributed by atoms with Crippen LogP contribution >= 0.6 is 0 Å². The molecule has 2 rings (SSSR count). The quantitative estimate of drug-likeness (QED) is 0.853. The third kappa shape index (κ3) is 2.76. The summed E-state index contributed by atoms with van der Waals surface area (Å²) in [5.74, 6) is -5.36. The summed E-state index contributed by atoms with van der Waals surface area (Å²) >= 11 is 0. The number of halogens is 5. The molecule has 0 saturated carbocycles. The fraction of sp³-hybridized carbons (Fsp3) is 0.250. The summed E-state index contributed by atoms with van der Waals surface area (Å²) in [5.41, 5.74) is -4.78. The van der Waals surface area contributed by atoms with E-state index in [1.165, 1.54) is 37.4 Å². The lowest BCUT2D eigenvalue weighted by molar-refractivity contribution is -0.336. The van der Waals surface area contributed by atoms with E-state index in [0.29, 0.717) is 0 Å². The summed E-state index contributed by atoms with van der Waals surface area (Å²) in [6.07, 6.45) is -5.94. The minimum absolute atomic E-state index is 0.0508. The van der Waals surface area contributed by atoms with Gasteiger partial charge in [0.2, 0.25) is 0 Å². The maximum absolute atomic E-state index is 14.2. The van der Waals surface area contributed by atoms with E-state index < -0.39 is 28.8 Å². The lowest BCUT2D eigenvalue weighted by Gasteiger charge is -2.37. The summed E-state index contributed by atoms with van der Waals surface area (Å²) in [7, 11) is 1.24. The Hall–Kier alpha value is -2.15. The van der Waals surface area contributed by atoms with Gasteiger partial charge in [-0.15, -0.1) is 0 Å². The van der Waals surface area contributed by atoms with Gasteiger partial charge in [-0.05, 0) is 23.3 Å². The van der Waals surface area contributed by atoms with Gasteiger partial charge in [0.1, 0.15) is 5.75 Å². The monoisotopic (exact) mass is 332 g/mol. The van der Waals surface area contributed by atoms with Gasteiger partial charge in [-0.1, -0.05) is 42.5 Å². The number of alkyl halides is 5. The topological polar surface area (TPSA) is 29.5 Å². The van der Waals surface area contributed by atoms with E-state index >= 15 is 0 Å². The van der Waals surface area contributed by atoms with E-state index in [4.69, 9.17) is 4.74 Å². The Morgan fingerprint density at radius 2 is 1.39 bits per heavy atom. The average molecular weight is 332 g/mol. The van der Waals surface area contributed by atoms with Crippen molar-refractivity contribution in [2.24, 2.45) is 0 Å². The summed E-state index contributed by atoms with van der Waals surface area (Å²) < 4.78 is 72.0. The largest absolute Gasteiger partial charge is 0.497 e. The lowest BCUT2D eigenvalue weighted by atomic mass is 9.80. The third-order valence-electron chi connectivity index (χ3n) is 3.49. The molecule has 0 spiro atoms. The first kappa shape index (κ1) is 17.2. The second-order valence-electron chi connectivity index (χ2n) is 4.88. The van der Waals surface area contributed by atoms with E-state index in [-0.39, 0.29) is 5.75 Å². The zero-order chi connectivity index (χ0) is 17.3. The summed E-state index contributed by atoms with van der Waals surface area (Å²) in [6.45, 7) is 0. The molecular formula is C16H13F5O2. The Morgan fingerprint density at radius 3 is 1.91 bits per heavy atom. The van der Waals surface area contributed by atoms with Gasteiger partial charge in [0.25, 0.3) is 0 Å². The Bertz CT molecular complexity index is 670. The SMILES string of the molecule is COc1cccc(C(O)(c2ccccc2)C(F)(F)C(F)(F)F)c1. The van der Waals surface area contributed by atoms with Gasteiger partial charge < -0.3 is 9.84 Å². The number of hydrogen-bond acceptors (Lipinski definition) is 2. The molecule has 0 aliphatic rings. The molecule has 2 aromatic rings. The van der Waals surface area contributed by atoms with Crippen molar-refractivity contribution in [3.8, 4) is 5.75 Å². The van der Waals surface area contributed by atoms with Crippen LogP contribution in [-0.4, -0.2) is 24.3 Å². The number of ether oxygens (including phenoxy) is 1. The predicted octanol–water partition coefficient (Wildman–Crippen LogP) is 4.13. The molecule has 0 aromatic heterocycles. The highest BCUT2D eigenvalue weighted by atomic mass is 19.4. The lowest BCUT2D eigenvalue weighted by Crippen LogP contribution is -2.55. The highest BCUT2D eigenvalue weighted by Gasteiger charge is 2.71. The molecule has 23 heavy (non-hydrogen) atoms. The Kier molecular flexibility index (Phi) is 4.34. The molecule has 2 nitrogen and oxygen atoms in total. The second-order valence-corrected chi connectivity index (χ2v) is 4.88. The number of rotatable bonds is 4. The molecule has 7 heteroatoms. The third-order valence-corrected chi connectivity index (χ3v) is 3.49. The van der Waals surface area contributed by atoms with Gasteiger partial charge in [0.05, 0.1) is 7.11 Å². The van der Waals surface area contributed by atoms with Gasteiger partial charge in [-0.2, -0.15) is 22.0 Å². The van der Waals surface area contributed by atoms with Crippen molar-refractivity contribution in [3.05, 3.63) is 65.7 Å². The molecule has 0 aliphatic carbocycles. The van der Waals surface area contributed by atoms with Crippen molar-refractivity contribution in [2.45, 2.75) is 17.7 Å². The second kappa shape index (κ2) is 5.81. The van der Waals surface area contributed by atoms with Crippen molar-refractivity contribution >= 4 is 0 Å². The Morgan fingerprint density at radius 1 is 0.826 bits per heavy atom. The van der Waals surface area contributed by atoms with Crippen LogP contribution in [0.3, 0.4) is 0 Å². The fourth-order valence-electron chi connectivity index (χ4n) is 2.26. The van der Waals surface area contributed by atoms with Crippen LogP contribution in [0.15, 0.2) is 54.6 Å². The number of hydrogen-bond donors (Lipinski definition) is 1. The maximum atomic E-state index is 14.2. The van der Waals surface area contributed by atoms with E-state index in [0.717, 1.165) is 24.3 Å². The fourth-order valence-corrected chi connectivity index (χ4v) is 2.26. The van der Waals surface area contributed by atoms with Crippen LogP contribution in [-0.2, 0) is 5.60 Å². The van der Waals surface area contributed by atoms with Crippen LogP contribution < -0.4 is 4.74 Å². The van der Waals surface area contributed by atoms with Crippen molar-refractivity contribution in [1.82, 2.24) is 0 Å². The van der Waals surface area contributed by atoms with E-state index in [1.54, 1.807) is 0 Å². The minimum Gasteiger partial charge on any atom is -0.497 e. The molecule has 0 amide bonds. The van der Waals surface area contributed by atoms with Crippen molar-refractivity contribution in [2.75, 3.05) is 7.11 Å². The van der Waals surface area contributed by atoms with Crippen molar-refractivity contribution < 1.29 is 31.8 Å². The van der Waals surface area contributed by atoms with Gasteiger partial charge in [0.15, 0.2) is 5.60 Å². The molecular weight excluding hydrogens is 319 g/mol. The van der Waals surface area contributed by atoms with Gasteiger partial charge in [-0.3, -0.25) is 0 Å². The van der Waals surface area contributed by atoms with Crippen LogP contribution in [0.4, 0.5) is 22.0 Å². The first-order chi connectivity index (χ1) is 10.6. The highest BCUT2D eigenvalue weighted by Crippen LogP contribution is 2.51. The van der Waals surface area contributed by atoms with Gasteiger partial charge in [-0.25, -0.2) is 0 Å². The molecule has 1 N–H and O–H groups in total. The van der Waals surface area contributed by atoms with Gasteiger partial charge in [0, 0.05) is 0 Å². The average Bonchev–Trinajstić information content (AvgIpc) is 2.53.